The van der Waals surface area contributed by atoms with Crippen LogP contribution in [0.1, 0.15) is 35.2 Å². The molecular weight excluding hydrogens is 693 g/mol. The number of hydrogen-bond donors (Lipinski definition) is 0. The SMILES string of the molecule is CCOC(=O)C1=C(c2ccccc2)N=c2s/c(=C\c3cn(Cc4ccc(Cl)cc4Cl)c4ccccc34)c(=O)n2[C@@H]1c1ccc(OC)c(OC)c1. The Balaban J connectivity index is 1.46. The van der Waals surface area contributed by atoms with E-state index in [9.17, 15) is 9.59 Å². The van der Waals surface area contributed by atoms with Crippen LogP contribution in [0.4, 0.5) is 0 Å². The number of ether oxygens (including phenoxy) is 3. The molecule has 0 amide bonds. The van der Waals surface area contributed by atoms with Crippen molar-refractivity contribution in [2.24, 2.45) is 4.99 Å². The minimum Gasteiger partial charge on any atom is -0.493 e. The van der Waals surface area contributed by atoms with E-state index < -0.39 is 12.0 Å². The van der Waals surface area contributed by atoms with Gasteiger partial charge in [-0.2, -0.15) is 0 Å². The van der Waals surface area contributed by atoms with E-state index in [1.165, 1.54) is 11.3 Å². The number of rotatable bonds is 9. The summed E-state index contributed by atoms with van der Waals surface area (Å²) < 4.78 is 20.9. The number of halogens is 2. The fourth-order valence-corrected chi connectivity index (χ4v) is 7.73. The minimum absolute atomic E-state index is 0.152. The number of methoxy groups -OCH3 is 2. The molecule has 50 heavy (non-hydrogen) atoms. The lowest BCUT2D eigenvalue weighted by Gasteiger charge is -2.26. The van der Waals surface area contributed by atoms with Gasteiger partial charge in [-0.15, -0.1) is 0 Å². The first-order valence-electron chi connectivity index (χ1n) is 15.8. The maximum atomic E-state index is 14.6. The summed E-state index contributed by atoms with van der Waals surface area (Å²) in [4.78, 5) is 33.9. The fourth-order valence-electron chi connectivity index (χ4n) is 6.27. The van der Waals surface area contributed by atoms with Gasteiger partial charge in [0.1, 0.15) is 0 Å². The molecule has 2 aromatic heterocycles. The highest BCUT2D eigenvalue weighted by Gasteiger charge is 2.35. The fraction of sp³-hybridized carbons (Fsp3) is 0.154. The van der Waals surface area contributed by atoms with Gasteiger partial charge in [0.05, 0.1) is 42.7 Å². The van der Waals surface area contributed by atoms with Crippen molar-refractivity contribution in [2.45, 2.75) is 19.5 Å². The Labute approximate surface area is 301 Å². The smallest absolute Gasteiger partial charge is 0.338 e. The summed E-state index contributed by atoms with van der Waals surface area (Å²) in [6.07, 6.45) is 3.90. The highest BCUT2D eigenvalue weighted by Crippen LogP contribution is 2.38. The van der Waals surface area contributed by atoms with Gasteiger partial charge in [0.15, 0.2) is 16.3 Å². The largest absolute Gasteiger partial charge is 0.493 e. The number of hydrogen-bond acceptors (Lipinski definition) is 7. The van der Waals surface area contributed by atoms with Crippen LogP contribution in [0.2, 0.25) is 10.0 Å². The standard InChI is InChI=1S/C39H31Cl2N3O5S/c1-4-49-38(46)34-35(23-10-6-5-7-11-23)42-39-44(36(34)24-15-17-31(47-2)32(18-24)48-3)37(45)33(50-39)19-26-22-43(30-13-9-8-12-28(26)30)21-25-14-16-27(40)20-29(25)41/h5-20,22,36H,4,21H2,1-3H3/b33-19-/t36-/m1/s1. The average Bonchev–Trinajstić information content (AvgIpc) is 3.64. The van der Waals surface area contributed by atoms with Gasteiger partial charge in [0.2, 0.25) is 0 Å². The molecule has 7 rings (SSSR count). The van der Waals surface area contributed by atoms with Crippen LogP contribution in [-0.4, -0.2) is 35.9 Å². The molecule has 0 spiro atoms. The third-order valence-corrected chi connectivity index (χ3v) is 10.1. The molecule has 0 saturated carbocycles. The second kappa shape index (κ2) is 14.0. The van der Waals surface area contributed by atoms with Gasteiger partial charge in [0.25, 0.3) is 5.56 Å². The molecule has 0 saturated heterocycles. The topological polar surface area (TPSA) is 84.1 Å². The molecule has 0 fully saturated rings. The van der Waals surface area contributed by atoms with E-state index in [0.717, 1.165) is 27.6 Å². The van der Waals surface area contributed by atoms with Crippen molar-refractivity contribution >= 4 is 63.2 Å². The lowest BCUT2D eigenvalue weighted by molar-refractivity contribution is -0.138. The van der Waals surface area contributed by atoms with E-state index in [1.807, 2.05) is 85.1 Å². The summed E-state index contributed by atoms with van der Waals surface area (Å²) in [6, 6.07) is 27.4. The summed E-state index contributed by atoms with van der Waals surface area (Å²) in [7, 11) is 3.10. The first-order chi connectivity index (χ1) is 24.3. The predicted octanol–water partition coefficient (Wildman–Crippen LogP) is 7.26. The molecular formula is C39H31Cl2N3O5S. The average molecular weight is 725 g/mol. The third-order valence-electron chi connectivity index (χ3n) is 8.56. The Morgan fingerprint density at radius 3 is 2.44 bits per heavy atom. The first kappa shape index (κ1) is 33.4. The van der Waals surface area contributed by atoms with E-state index in [0.29, 0.717) is 48.7 Å². The summed E-state index contributed by atoms with van der Waals surface area (Å²) >= 11 is 14.0. The van der Waals surface area contributed by atoms with Crippen LogP contribution in [0.25, 0.3) is 22.7 Å². The molecule has 252 valence electrons. The summed E-state index contributed by atoms with van der Waals surface area (Å²) in [6.45, 7) is 2.41. The molecule has 11 heteroatoms. The van der Waals surface area contributed by atoms with Crippen LogP contribution in [-0.2, 0) is 16.1 Å². The molecule has 6 aromatic rings. The normalized spacial score (nSPS) is 14.4. The van der Waals surface area contributed by atoms with Gasteiger partial charge in [0, 0.05) is 44.8 Å². The Kier molecular flexibility index (Phi) is 9.38. The predicted molar refractivity (Wildman–Crippen MR) is 198 cm³/mol. The summed E-state index contributed by atoms with van der Waals surface area (Å²) in [5, 5.41) is 2.11. The maximum Gasteiger partial charge on any atom is 0.338 e. The van der Waals surface area contributed by atoms with Crippen molar-refractivity contribution in [3.05, 3.63) is 155 Å². The van der Waals surface area contributed by atoms with Crippen LogP contribution in [0, 0.1) is 0 Å². The van der Waals surface area contributed by atoms with Gasteiger partial charge >= 0.3 is 5.97 Å². The Bertz CT molecular complexity index is 2480. The van der Waals surface area contributed by atoms with Crippen molar-refractivity contribution in [3.8, 4) is 11.5 Å². The Hall–Kier alpha value is -5.09. The van der Waals surface area contributed by atoms with Crippen molar-refractivity contribution in [1.29, 1.82) is 0 Å². The number of para-hydroxylation sites is 1. The van der Waals surface area contributed by atoms with Crippen molar-refractivity contribution in [1.82, 2.24) is 9.13 Å². The quantitative estimate of drug-likeness (QED) is 0.147. The van der Waals surface area contributed by atoms with Gasteiger partial charge in [-0.1, -0.05) is 95.2 Å². The van der Waals surface area contributed by atoms with Crippen LogP contribution < -0.4 is 24.4 Å². The molecule has 8 nitrogen and oxygen atoms in total. The highest BCUT2D eigenvalue weighted by molar-refractivity contribution is 7.07. The van der Waals surface area contributed by atoms with Gasteiger partial charge in [-0.3, -0.25) is 9.36 Å². The van der Waals surface area contributed by atoms with Crippen molar-refractivity contribution < 1.29 is 19.0 Å². The van der Waals surface area contributed by atoms with E-state index in [4.69, 9.17) is 42.4 Å². The molecule has 1 aliphatic rings. The Morgan fingerprint density at radius 2 is 1.70 bits per heavy atom. The van der Waals surface area contributed by atoms with E-state index >= 15 is 0 Å². The second-order valence-corrected chi connectivity index (χ2v) is 13.4. The molecule has 0 unspecified atom stereocenters. The highest BCUT2D eigenvalue weighted by atomic mass is 35.5. The molecule has 0 radical (unpaired) electrons. The van der Waals surface area contributed by atoms with E-state index in [1.54, 1.807) is 43.9 Å². The zero-order valence-electron chi connectivity index (χ0n) is 27.4. The summed E-state index contributed by atoms with van der Waals surface area (Å²) in [5.74, 6) is 0.417. The van der Waals surface area contributed by atoms with E-state index in [2.05, 4.69) is 4.57 Å². The second-order valence-electron chi connectivity index (χ2n) is 11.5. The number of carbonyl (C=O) groups excluding carboxylic acids is 1. The number of esters is 1. The van der Waals surface area contributed by atoms with Gasteiger partial charge in [-0.05, 0) is 54.5 Å². The number of fused-ring (bicyclic) bond motifs is 2. The third kappa shape index (κ3) is 6.13. The number of thiazole rings is 1. The number of carbonyl (C=O) groups is 1. The number of nitrogens with zero attached hydrogens (tertiary/aromatic N) is 3. The van der Waals surface area contributed by atoms with Crippen molar-refractivity contribution in [3.63, 3.8) is 0 Å². The van der Waals surface area contributed by atoms with Crippen LogP contribution in [0.5, 0.6) is 11.5 Å². The number of aromatic nitrogens is 2. The van der Waals surface area contributed by atoms with E-state index in [-0.39, 0.29) is 17.7 Å². The monoisotopic (exact) mass is 723 g/mol. The first-order valence-corrected chi connectivity index (χ1v) is 17.4. The summed E-state index contributed by atoms with van der Waals surface area (Å²) in [5.41, 5.74) is 4.51. The zero-order chi connectivity index (χ0) is 34.9. The number of benzene rings is 4. The molecule has 0 aliphatic carbocycles. The van der Waals surface area contributed by atoms with Crippen LogP contribution in [0.3, 0.4) is 0 Å². The lowest BCUT2D eigenvalue weighted by Crippen LogP contribution is -2.40. The molecule has 0 bridgehead atoms. The minimum atomic E-state index is -0.865. The van der Waals surface area contributed by atoms with Gasteiger partial charge in [-0.25, -0.2) is 9.79 Å². The van der Waals surface area contributed by atoms with Crippen molar-refractivity contribution in [2.75, 3.05) is 20.8 Å². The lowest BCUT2D eigenvalue weighted by atomic mass is 9.93. The zero-order valence-corrected chi connectivity index (χ0v) is 29.7. The van der Waals surface area contributed by atoms with Crippen LogP contribution in [0.15, 0.2) is 113 Å². The molecule has 1 aliphatic heterocycles. The maximum absolute atomic E-state index is 14.6. The molecule has 1 atom stereocenters. The molecule has 4 aromatic carbocycles. The molecule has 0 N–H and O–H groups in total. The Morgan fingerprint density at radius 1 is 0.940 bits per heavy atom. The van der Waals surface area contributed by atoms with Crippen LogP contribution >= 0.6 is 34.5 Å². The molecule has 3 heterocycles. The van der Waals surface area contributed by atoms with Gasteiger partial charge < -0.3 is 18.8 Å².